The molecule has 0 fully saturated rings. The predicted octanol–water partition coefficient (Wildman–Crippen LogP) is 0.580. The van der Waals surface area contributed by atoms with Gasteiger partial charge in [0.15, 0.2) is 0 Å². The maximum Gasteiger partial charge on any atom is 0.242 e. The lowest BCUT2D eigenvalue weighted by atomic mass is 10.0. The summed E-state index contributed by atoms with van der Waals surface area (Å²) in [5, 5.41) is 18.2. The lowest BCUT2D eigenvalue weighted by Gasteiger charge is -2.27. The van der Waals surface area contributed by atoms with Gasteiger partial charge in [0, 0.05) is 5.69 Å². The Morgan fingerprint density at radius 3 is 2.63 bits per heavy atom. The van der Waals surface area contributed by atoms with E-state index < -0.39 is 15.6 Å². The number of aliphatic hydroxyl groups excluding tert-OH is 1. The topological polar surface area (TPSA) is 116 Å². The molecule has 0 aliphatic carbocycles. The molecule has 0 aromatic heterocycles. The van der Waals surface area contributed by atoms with Gasteiger partial charge in [0.2, 0.25) is 10.0 Å². The van der Waals surface area contributed by atoms with E-state index in [9.17, 15) is 13.5 Å². The van der Waals surface area contributed by atoms with E-state index in [0.29, 0.717) is 12.1 Å². The van der Waals surface area contributed by atoms with Crippen LogP contribution in [0.3, 0.4) is 0 Å². The zero-order valence-corrected chi connectivity index (χ0v) is 11.7. The van der Waals surface area contributed by atoms with Crippen LogP contribution in [0.15, 0.2) is 23.1 Å². The number of aliphatic hydroxyl groups is 1. The fourth-order valence-electron chi connectivity index (χ4n) is 1.46. The molecule has 1 atom stereocenters. The average Bonchev–Trinajstić information content (AvgIpc) is 2.37. The lowest BCUT2D eigenvalue weighted by Crippen LogP contribution is -2.48. The molecular weight excluding hydrogens is 266 g/mol. The van der Waals surface area contributed by atoms with Crippen molar-refractivity contribution in [2.75, 3.05) is 12.3 Å². The van der Waals surface area contributed by atoms with E-state index in [-0.39, 0.29) is 17.1 Å². The quantitative estimate of drug-likeness (QED) is 0.683. The smallest absolute Gasteiger partial charge is 0.242 e. The highest BCUT2D eigenvalue weighted by molar-refractivity contribution is 7.89. The van der Waals surface area contributed by atoms with Crippen LogP contribution in [-0.2, 0) is 10.0 Å². The van der Waals surface area contributed by atoms with Crippen LogP contribution >= 0.6 is 0 Å². The van der Waals surface area contributed by atoms with Crippen molar-refractivity contribution in [1.82, 2.24) is 4.72 Å². The third-order valence-electron chi connectivity index (χ3n) is 2.92. The summed E-state index contributed by atoms with van der Waals surface area (Å²) in [6.07, 6.45) is 0.416. The fraction of sp³-hybridized carbons (Fsp3) is 0.417. The zero-order valence-electron chi connectivity index (χ0n) is 10.8. The zero-order chi connectivity index (χ0) is 14.7. The molecule has 0 spiro atoms. The van der Waals surface area contributed by atoms with Gasteiger partial charge < -0.3 is 10.8 Å². The van der Waals surface area contributed by atoms with Gasteiger partial charge in [0.05, 0.1) is 22.6 Å². The molecule has 0 aliphatic heterocycles. The monoisotopic (exact) mass is 283 g/mol. The second-order valence-corrected chi connectivity index (χ2v) is 6.20. The Bertz CT molecular complexity index is 601. The summed E-state index contributed by atoms with van der Waals surface area (Å²) in [5.74, 6) is 0. The number of benzene rings is 1. The van der Waals surface area contributed by atoms with Crippen molar-refractivity contribution in [3.63, 3.8) is 0 Å². The van der Waals surface area contributed by atoms with Gasteiger partial charge in [-0.3, -0.25) is 0 Å². The molecule has 4 N–H and O–H groups in total. The molecule has 0 bridgehead atoms. The highest BCUT2D eigenvalue weighted by Crippen LogP contribution is 2.20. The van der Waals surface area contributed by atoms with Gasteiger partial charge in [-0.15, -0.1) is 0 Å². The molecule has 1 rings (SSSR count). The number of nitrogen functional groups attached to an aromatic ring is 1. The summed E-state index contributed by atoms with van der Waals surface area (Å²) in [5.41, 5.74) is 4.85. The number of hydrogen-bond acceptors (Lipinski definition) is 5. The van der Waals surface area contributed by atoms with Gasteiger partial charge in [-0.2, -0.15) is 5.26 Å². The maximum absolute atomic E-state index is 12.2. The summed E-state index contributed by atoms with van der Waals surface area (Å²) in [4.78, 5) is -0.141. The van der Waals surface area contributed by atoms with Crippen molar-refractivity contribution in [1.29, 1.82) is 5.26 Å². The number of nitriles is 1. The van der Waals surface area contributed by atoms with Gasteiger partial charge in [-0.1, -0.05) is 6.92 Å². The Kier molecular flexibility index (Phi) is 4.52. The highest BCUT2D eigenvalue weighted by Gasteiger charge is 2.29. The van der Waals surface area contributed by atoms with Crippen LogP contribution in [0.5, 0.6) is 0 Å². The number of nitrogens with zero attached hydrogens (tertiary/aromatic N) is 1. The van der Waals surface area contributed by atoms with E-state index in [1.807, 2.05) is 0 Å². The molecule has 6 nitrogen and oxygen atoms in total. The fourth-order valence-corrected chi connectivity index (χ4v) is 3.07. The summed E-state index contributed by atoms with van der Waals surface area (Å²) >= 11 is 0. The number of nitrogens with one attached hydrogen (secondary N) is 1. The standard InChI is InChI=1S/C12H17N3O3S/c1-3-12(2,8-16)15-19(17,18)11-5-4-10(14)6-9(11)7-13/h4-6,15-16H,3,8,14H2,1-2H3. The number of anilines is 1. The second-order valence-electron chi connectivity index (χ2n) is 4.55. The van der Waals surface area contributed by atoms with Crippen molar-refractivity contribution in [2.45, 2.75) is 30.7 Å². The van der Waals surface area contributed by atoms with Crippen LogP contribution < -0.4 is 10.5 Å². The first-order valence-electron chi connectivity index (χ1n) is 5.72. The van der Waals surface area contributed by atoms with E-state index in [0.717, 1.165) is 0 Å². The third kappa shape index (κ3) is 3.44. The summed E-state index contributed by atoms with van der Waals surface area (Å²) < 4.78 is 26.9. The molecule has 0 saturated carbocycles. The van der Waals surface area contributed by atoms with E-state index in [1.54, 1.807) is 19.9 Å². The first kappa shape index (κ1) is 15.4. The summed E-state index contributed by atoms with van der Waals surface area (Å²) in [6, 6.07) is 5.80. The largest absolute Gasteiger partial charge is 0.399 e. The molecule has 1 unspecified atom stereocenters. The molecule has 1 aromatic rings. The first-order chi connectivity index (χ1) is 8.78. The third-order valence-corrected chi connectivity index (χ3v) is 4.62. The van der Waals surface area contributed by atoms with Crippen LogP contribution in [0.1, 0.15) is 25.8 Å². The molecule has 0 radical (unpaired) electrons. The normalized spacial score (nSPS) is 14.6. The van der Waals surface area contributed by atoms with E-state index in [4.69, 9.17) is 11.0 Å². The van der Waals surface area contributed by atoms with E-state index in [2.05, 4.69) is 4.72 Å². The minimum atomic E-state index is -3.89. The lowest BCUT2D eigenvalue weighted by molar-refractivity contribution is 0.191. The molecule has 0 saturated heterocycles. The number of hydrogen-bond donors (Lipinski definition) is 3. The summed E-state index contributed by atoms with van der Waals surface area (Å²) in [6.45, 7) is 3.01. The SMILES string of the molecule is CCC(C)(CO)NS(=O)(=O)c1ccc(N)cc1C#N. The molecule has 19 heavy (non-hydrogen) atoms. The van der Waals surface area contributed by atoms with Crippen molar-refractivity contribution < 1.29 is 13.5 Å². The minimum absolute atomic E-state index is 0.0242. The Morgan fingerprint density at radius 2 is 2.16 bits per heavy atom. The molecule has 0 aliphatic rings. The van der Waals surface area contributed by atoms with Crippen LogP contribution in [0.4, 0.5) is 5.69 Å². The Labute approximate surface area is 112 Å². The molecular formula is C12H17N3O3S. The van der Waals surface area contributed by atoms with Crippen molar-refractivity contribution in [2.24, 2.45) is 0 Å². The summed E-state index contributed by atoms with van der Waals surface area (Å²) in [7, 11) is -3.89. The van der Waals surface area contributed by atoms with Gasteiger partial charge in [0.25, 0.3) is 0 Å². The molecule has 7 heteroatoms. The van der Waals surface area contributed by atoms with Gasteiger partial charge in [-0.05, 0) is 31.5 Å². The maximum atomic E-state index is 12.2. The Hall–Kier alpha value is -1.62. The number of rotatable bonds is 5. The number of sulfonamides is 1. The predicted molar refractivity (Wildman–Crippen MR) is 71.7 cm³/mol. The van der Waals surface area contributed by atoms with E-state index >= 15 is 0 Å². The van der Waals surface area contributed by atoms with Crippen LogP contribution in [0.25, 0.3) is 0 Å². The van der Waals surface area contributed by atoms with Crippen molar-refractivity contribution >= 4 is 15.7 Å². The first-order valence-corrected chi connectivity index (χ1v) is 7.21. The van der Waals surface area contributed by atoms with Crippen LogP contribution in [0, 0.1) is 11.3 Å². The highest BCUT2D eigenvalue weighted by atomic mass is 32.2. The van der Waals surface area contributed by atoms with Crippen molar-refractivity contribution in [3.05, 3.63) is 23.8 Å². The second kappa shape index (κ2) is 5.57. The molecule has 104 valence electrons. The van der Waals surface area contributed by atoms with E-state index in [1.165, 1.54) is 18.2 Å². The molecule has 1 aromatic carbocycles. The van der Waals surface area contributed by atoms with Crippen LogP contribution in [-0.4, -0.2) is 25.7 Å². The van der Waals surface area contributed by atoms with Gasteiger partial charge in [0.1, 0.15) is 6.07 Å². The Balaban J connectivity index is 3.26. The average molecular weight is 283 g/mol. The number of nitrogens with two attached hydrogens (primary N) is 1. The minimum Gasteiger partial charge on any atom is -0.399 e. The van der Waals surface area contributed by atoms with Crippen molar-refractivity contribution in [3.8, 4) is 6.07 Å². The molecule has 0 amide bonds. The Morgan fingerprint density at radius 1 is 1.53 bits per heavy atom. The van der Waals surface area contributed by atoms with Gasteiger partial charge in [-0.25, -0.2) is 13.1 Å². The molecule has 0 heterocycles. The van der Waals surface area contributed by atoms with Crippen LogP contribution in [0.2, 0.25) is 0 Å². The van der Waals surface area contributed by atoms with Gasteiger partial charge >= 0.3 is 0 Å².